The van der Waals surface area contributed by atoms with E-state index in [9.17, 15) is 9.59 Å². The third-order valence-electron chi connectivity index (χ3n) is 3.39. The lowest BCUT2D eigenvalue weighted by Crippen LogP contribution is -2.39. The first kappa shape index (κ1) is 14.0. The number of carbonyl (C=O) groups excluding carboxylic acids is 1. The van der Waals surface area contributed by atoms with Gasteiger partial charge in [0.1, 0.15) is 4.88 Å². The Morgan fingerprint density at radius 1 is 1.47 bits per heavy atom. The van der Waals surface area contributed by atoms with Gasteiger partial charge in [0.2, 0.25) is 0 Å². The minimum Gasteiger partial charge on any atom is -0.481 e. The zero-order chi connectivity index (χ0) is 14.0. The smallest absolute Gasteiger partial charge is 0.308 e. The van der Waals surface area contributed by atoms with Gasteiger partial charge in [-0.1, -0.05) is 20.3 Å². The fourth-order valence-electron chi connectivity index (χ4n) is 2.33. The van der Waals surface area contributed by atoms with Gasteiger partial charge >= 0.3 is 5.97 Å². The molecule has 104 valence electrons. The number of aliphatic carboxylic acids is 1. The second kappa shape index (κ2) is 5.69. The van der Waals surface area contributed by atoms with Gasteiger partial charge in [0.25, 0.3) is 5.91 Å². The monoisotopic (exact) mass is 282 g/mol. The van der Waals surface area contributed by atoms with Crippen molar-refractivity contribution in [2.45, 2.75) is 45.1 Å². The molecular formula is C13H18N2O3S. The maximum absolute atomic E-state index is 12.1. The topological polar surface area (TPSA) is 79.3 Å². The largest absolute Gasteiger partial charge is 0.481 e. The molecular weight excluding hydrogens is 264 g/mol. The quantitative estimate of drug-likeness (QED) is 0.887. The van der Waals surface area contributed by atoms with Crippen LogP contribution in [0.15, 0.2) is 6.20 Å². The first-order valence-corrected chi connectivity index (χ1v) is 7.30. The van der Waals surface area contributed by atoms with E-state index in [0.29, 0.717) is 17.2 Å². The fourth-order valence-corrected chi connectivity index (χ4v) is 3.15. The third kappa shape index (κ3) is 3.12. The van der Waals surface area contributed by atoms with Gasteiger partial charge in [0, 0.05) is 12.0 Å². The first-order chi connectivity index (χ1) is 8.99. The summed E-state index contributed by atoms with van der Waals surface area (Å²) in [4.78, 5) is 27.9. The summed E-state index contributed by atoms with van der Waals surface area (Å²) in [7, 11) is 0. The molecule has 0 aliphatic heterocycles. The van der Waals surface area contributed by atoms with E-state index in [1.807, 2.05) is 13.8 Å². The molecule has 0 saturated heterocycles. The van der Waals surface area contributed by atoms with E-state index < -0.39 is 11.9 Å². The highest BCUT2D eigenvalue weighted by Crippen LogP contribution is 2.27. The zero-order valence-corrected chi connectivity index (χ0v) is 11.9. The summed E-state index contributed by atoms with van der Waals surface area (Å²) in [6.45, 7) is 4.05. The lowest BCUT2D eigenvalue weighted by Gasteiger charge is -2.16. The lowest BCUT2D eigenvalue weighted by molar-refractivity contribution is -0.142. The van der Waals surface area contributed by atoms with Crippen molar-refractivity contribution in [1.29, 1.82) is 0 Å². The normalized spacial score (nSPS) is 22.7. The molecule has 6 heteroatoms. The van der Waals surface area contributed by atoms with Gasteiger partial charge in [-0.25, -0.2) is 4.98 Å². The number of aromatic nitrogens is 1. The summed E-state index contributed by atoms with van der Waals surface area (Å²) >= 11 is 1.37. The van der Waals surface area contributed by atoms with Gasteiger partial charge < -0.3 is 10.4 Å². The van der Waals surface area contributed by atoms with Gasteiger partial charge in [0.05, 0.1) is 17.1 Å². The van der Waals surface area contributed by atoms with E-state index >= 15 is 0 Å². The average molecular weight is 282 g/mol. The van der Waals surface area contributed by atoms with Gasteiger partial charge in [-0.15, -0.1) is 11.3 Å². The Hall–Kier alpha value is -1.43. The number of hydrogen-bond donors (Lipinski definition) is 2. The van der Waals surface area contributed by atoms with Crippen molar-refractivity contribution in [3.05, 3.63) is 16.1 Å². The molecule has 0 spiro atoms. The highest BCUT2D eigenvalue weighted by atomic mass is 32.1. The number of amides is 1. The van der Waals surface area contributed by atoms with Crippen LogP contribution in [0, 0.1) is 5.92 Å². The van der Waals surface area contributed by atoms with Crippen LogP contribution in [0.5, 0.6) is 0 Å². The van der Waals surface area contributed by atoms with Gasteiger partial charge in [-0.2, -0.15) is 0 Å². The Bertz CT molecular complexity index is 484. The molecule has 0 unspecified atom stereocenters. The standard InChI is InChI=1S/C13H18N2O3S/c1-7(2)12-14-6-10(19-12)11(16)15-9-5-3-4-8(9)13(17)18/h6-9H,3-5H2,1-2H3,(H,15,16)(H,17,18)/t8-,9+/m0/s1. The summed E-state index contributed by atoms with van der Waals surface area (Å²) in [6, 6.07) is -0.255. The molecule has 0 aromatic carbocycles. The number of thiazole rings is 1. The van der Waals surface area contributed by atoms with Crippen molar-refractivity contribution in [1.82, 2.24) is 10.3 Å². The van der Waals surface area contributed by atoms with Crippen molar-refractivity contribution in [3.8, 4) is 0 Å². The van der Waals surface area contributed by atoms with E-state index in [1.165, 1.54) is 11.3 Å². The van der Waals surface area contributed by atoms with Crippen LogP contribution >= 0.6 is 11.3 Å². The van der Waals surface area contributed by atoms with Crippen LogP contribution in [-0.4, -0.2) is 28.0 Å². The number of nitrogens with one attached hydrogen (secondary N) is 1. The van der Waals surface area contributed by atoms with Gasteiger partial charge in [0.15, 0.2) is 0 Å². The number of hydrogen-bond acceptors (Lipinski definition) is 4. The minimum atomic E-state index is -0.824. The van der Waals surface area contributed by atoms with Crippen LogP contribution in [0.3, 0.4) is 0 Å². The summed E-state index contributed by atoms with van der Waals surface area (Å²) in [5.41, 5.74) is 0. The van der Waals surface area contributed by atoms with E-state index in [1.54, 1.807) is 6.20 Å². The number of rotatable bonds is 4. The average Bonchev–Trinajstić information content (AvgIpc) is 2.96. The van der Waals surface area contributed by atoms with E-state index in [2.05, 4.69) is 10.3 Å². The summed E-state index contributed by atoms with van der Waals surface area (Å²) in [5.74, 6) is -1.19. The Kier molecular flexibility index (Phi) is 4.19. The molecule has 19 heavy (non-hydrogen) atoms. The fraction of sp³-hybridized carbons (Fsp3) is 0.615. The number of carbonyl (C=O) groups is 2. The maximum Gasteiger partial charge on any atom is 0.308 e. The predicted molar refractivity (Wildman–Crippen MR) is 72.4 cm³/mol. The summed E-state index contributed by atoms with van der Waals surface area (Å²) < 4.78 is 0. The molecule has 1 aliphatic rings. The van der Waals surface area contributed by atoms with Crippen LogP contribution < -0.4 is 5.32 Å². The molecule has 2 rings (SSSR count). The minimum absolute atomic E-state index is 0.206. The number of carboxylic acids is 1. The Morgan fingerprint density at radius 3 is 2.79 bits per heavy atom. The highest BCUT2D eigenvalue weighted by Gasteiger charge is 2.34. The second-order valence-corrected chi connectivity index (χ2v) is 6.24. The van der Waals surface area contributed by atoms with Crippen LogP contribution in [0.25, 0.3) is 0 Å². The predicted octanol–water partition coefficient (Wildman–Crippen LogP) is 2.25. The summed E-state index contributed by atoms with van der Waals surface area (Å²) in [6.07, 6.45) is 3.79. The molecule has 1 aromatic rings. The van der Waals surface area contributed by atoms with Crippen molar-refractivity contribution in [2.75, 3.05) is 0 Å². The van der Waals surface area contributed by atoms with Crippen molar-refractivity contribution >= 4 is 23.2 Å². The van der Waals surface area contributed by atoms with E-state index in [4.69, 9.17) is 5.11 Å². The molecule has 5 nitrogen and oxygen atoms in total. The van der Waals surface area contributed by atoms with Crippen LogP contribution in [0.2, 0.25) is 0 Å². The SMILES string of the molecule is CC(C)c1ncc(C(=O)N[C@@H]2CCC[C@@H]2C(=O)O)s1. The molecule has 1 saturated carbocycles. The lowest BCUT2D eigenvalue weighted by atomic mass is 10.0. The van der Waals surface area contributed by atoms with Crippen molar-refractivity contribution in [2.24, 2.45) is 5.92 Å². The van der Waals surface area contributed by atoms with Crippen molar-refractivity contribution in [3.63, 3.8) is 0 Å². The molecule has 0 bridgehead atoms. The maximum atomic E-state index is 12.1. The molecule has 1 amide bonds. The van der Waals surface area contributed by atoms with Crippen LogP contribution in [0.1, 0.15) is 53.7 Å². The van der Waals surface area contributed by atoms with Crippen LogP contribution in [0.4, 0.5) is 0 Å². The molecule has 1 heterocycles. The van der Waals surface area contributed by atoms with Gasteiger partial charge in [-0.3, -0.25) is 9.59 Å². The molecule has 1 aromatic heterocycles. The first-order valence-electron chi connectivity index (χ1n) is 6.48. The molecule has 0 radical (unpaired) electrons. The molecule has 2 N–H and O–H groups in total. The number of carboxylic acid groups (broad SMARTS) is 1. The molecule has 1 aliphatic carbocycles. The summed E-state index contributed by atoms with van der Waals surface area (Å²) in [5, 5.41) is 12.8. The number of nitrogens with zero attached hydrogens (tertiary/aromatic N) is 1. The molecule has 1 fully saturated rings. The van der Waals surface area contributed by atoms with Crippen molar-refractivity contribution < 1.29 is 14.7 Å². The Morgan fingerprint density at radius 2 is 2.21 bits per heavy atom. The Labute approximate surface area is 116 Å². The van der Waals surface area contributed by atoms with E-state index in [0.717, 1.165) is 17.8 Å². The molecule has 2 atom stereocenters. The van der Waals surface area contributed by atoms with E-state index in [-0.39, 0.29) is 11.9 Å². The van der Waals surface area contributed by atoms with Gasteiger partial charge in [-0.05, 0) is 12.8 Å². The Balaban J connectivity index is 2.02. The second-order valence-electron chi connectivity index (χ2n) is 5.17. The third-order valence-corrected chi connectivity index (χ3v) is 4.69. The van der Waals surface area contributed by atoms with Crippen LogP contribution in [-0.2, 0) is 4.79 Å². The highest BCUT2D eigenvalue weighted by molar-refractivity contribution is 7.13. The zero-order valence-electron chi connectivity index (χ0n) is 11.0.